The number of hydrogen-bond acceptors (Lipinski definition) is 2. The van der Waals surface area contributed by atoms with Crippen LogP contribution in [0.25, 0.3) is 0 Å². The van der Waals surface area contributed by atoms with Gasteiger partial charge in [-0.05, 0) is 12.1 Å². The van der Waals surface area contributed by atoms with Gasteiger partial charge in [0.05, 0.1) is 0 Å². The first-order valence-corrected chi connectivity index (χ1v) is 5.41. The van der Waals surface area contributed by atoms with E-state index in [1.165, 1.54) is 0 Å². The Morgan fingerprint density at radius 1 is 1.18 bits per heavy atom. The minimum Gasteiger partial charge on any atom is -0.508 e. The fourth-order valence-corrected chi connectivity index (χ4v) is 0.428. The average molecular weight is 213 g/mol. The predicted molar refractivity (Wildman–Crippen MR) is 48.0 cm³/mol. The van der Waals surface area contributed by atoms with E-state index in [4.69, 9.17) is 9.32 Å². The van der Waals surface area contributed by atoms with Crippen LogP contribution in [0.15, 0.2) is 30.3 Å². The number of para-hydroxylation sites is 1. The highest BCUT2D eigenvalue weighted by atomic mass is 36.0. The molecule has 0 heterocycles. The molecule has 0 unspecified atom stereocenters. The Hall–Kier alpha value is -0.250. The van der Waals surface area contributed by atoms with Crippen molar-refractivity contribution in [2.45, 2.75) is 0 Å². The van der Waals surface area contributed by atoms with Crippen molar-refractivity contribution >= 4 is 30.6 Å². The van der Waals surface area contributed by atoms with Crippen molar-refractivity contribution in [3.63, 3.8) is 0 Å². The lowest BCUT2D eigenvalue weighted by Crippen LogP contribution is -1.56. The van der Waals surface area contributed by atoms with Gasteiger partial charge in [0, 0.05) is 21.4 Å². The van der Waals surface area contributed by atoms with E-state index in [-0.39, 0.29) is 0 Å². The fraction of sp³-hybridized carbons (Fsp3) is 0. The van der Waals surface area contributed by atoms with Gasteiger partial charge >= 0.3 is 0 Å². The van der Waals surface area contributed by atoms with Crippen molar-refractivity contribution in [3.05, 3.63) is 30.3 Å². The Morgan fingerprint density at radius 3 is 1.73 bits per heavy atom. The molecule has 0 spiro atoms. The highest BCUT2D eigenvalue weighted by Gasteiger charge is 1.74. The van der Waals surface area contributed by atoms with E-state index >= 15 is 0 Å². The number of halogens is 2. The molecule has 0 bridgehead atoms. The standard InChI is InChI=1S/C6H6O.Cl2OS/c7-6-4-2-1-3-5-6;1-4(2)3/h1-5,7H;. The van der Waals surface area contributed by atoms with Crippen molar-refractivity contribution in [2.24, 2.45) is 0 Å². The van der Waals surface area contributed by atoms with Gasteiger partial charge in [0.25, 0.3) is 0 Å². The van der Waals surface area contributed by atoms with Gasteiger partial charge in [0.15, 0.2) is 0 Å². The van der Waals surface area contributed by atoms with Crippen LogP contribution in [-0.2, 0) is 9.23 Å². The second kappa shape index (κ2) is 6.46. The van der Waals surface area contributed by atoms with E-state index in [1.54, 1.807) is 24.3 Å². The van der Waals surface area contributed by atoms with Crippen LogP contribution in [0.3, 0.4) is 0 Å². The van der Waals surface area contributed by atoms with E-state index in [0.717, 1.165) is 0 Å². The van der Waals surface area contributed by atoms with Gasteiger partial charge in [-0.3, -0.25) is 0 Å². The third kappa shape index (κ3) is 9.75. The van der Waals surface area contributed by atoms with Gasteiger partial charge < -0.3 is 5.11 Å². The largest absolute Gasteiger partial charge is 0.508 e. The van der Waals surface area contributed by atoms with Crippen LogP contribution >= 0.6 is 21.4 Å². The molecule has 62 valence electrons. The zero-order valence-corrected chi connectivity index (χ0v) is 7.73. The maximum absolute atomic E-state index is 9.09. The topological polar surface area (TPSA) is 37.3 Å². The number of phenols is 1. The molecule has 0 aliphatic rings. The van der Waals surface area contributed by atoms with Crippen LogP contribution in [0, 0.1) is 0 Å². The Bertz CT molecular complexity index is 211. The van der Waals surface area contributed by atoms with E-state index in [9.17, 15) is 0 Å². The summed E-state index contributed by atoms with van der Waals surface area (Å²) in [6.07, 6.45) is 0. The summed E-state index contributed by atoms with van der Waals surface area (Å²) in [4.78, 5) is 0. The minimum atomic E-state index is -1.67. The van der Waals surface area contributed by atoms with Crippen LogP contribution in [0.5, 0.6) is 5.75 Å². The highest BCUT2D eigenvalue weighted by Crippen LogP contribution is 2.02. The van der Waals surface area contributed by atoms with Crippen molar-refractivity contribution in [3.8, 4) is 5.75 Å². The van der Waals surface area contributed by atoms with Gasteiger partial charge in [-0.1, -0.05) is 18.2 Å². The molecule has 1 N–H and O–H groups in total. The first-order chi connectivity index (χ1) is 5.13. The van der Waals surface area contributed by atoms with E-state index in [1.807, 2.05) is 6.07 Å². The number of aromatic hydroxyl groups is 1. The molecule has 0 aromatic heterocycles. The maximum Gasteiger partial charge on any atom is 0.211 e. The smallest absolute Gasteiger partial charge is 0.211 e. The Kier molecular flexibility index (Phi) is 6.31. The molecule has 0 amide bonds. The molecule has 0 fully saturated rings. The van der Waals surface area contributed by atoms with Gasteiger partial charge in [-0.15, -0.1) is 0 Å². The Labute approximate surface area is 76.2 Å². The lowest BCUT2D eigenvalue weighted by Gasteiger charge is -1.82. The zero-order valence-electron chi connectivity index (χ0n) is 5.41. The third-order valence-corrected chi connectivity index (χ3v) is 0.756. The summed E-state index contributed by atoms with van der Waals surface area (Å²) in [5.41, 5.74) is 0. The second-order valence-electron chi connectivity index (χ2n) is 1.52. The quantitative estimate of drug-likeness (QED) is 0.672. The summed E-state index contributed by atoms with van der Waals surface area (Å²) in [5, 5.41) is 8.63. The summed E-state index contributed by atoms with van der Waals surface area (Å²) >= 11 is 0. The normalized spacial score (nSPS) is 8.64. The number of phenolic OH excluding ortho intramolecular Hbond substituents is 1. The third-order valence-electron chi connectivity index (χ3n) is 0.756. The molecule has 1 rings (SSSR count). The van der Waals surface area contributed by atoms with Gasteiger partial charge in [-0.25, -0.2) is 4.21 Å². The molecule has 5 heteroatoms. The van der Waals surface area contributed by atoms with Crippen molar-refractivity contribution in [1.29, 1.82) is 0 Å². The SMILES string of the molecule is O=S(Cl)Cl.Oc1ccccc1. The highest BCUT2D eigenvalue weighted by molar-refractivity contribution is 8.26. The van der Waals surface area contributed by atoms with E-state index in [2.05, 4.69) is 21.4 Å². The van der Waals surface area contributed by atoms with Crippen LogP contribution in [0.1, 0.15) is 0 Å². The average Bonchev–Trinajstić information content (AvgIpc) is 1.87. The van der Waals surface area contributed by atoms with E-state index < -0.39 is 9.23 Å². The zero-order chi connectivity index (χ0) is 8.69. The molecule has 0 aliphatic heterocycles. The van der Waals surface area contributed by atoms with Crippen LogP contribution in [-0.4, -0.2) is 9.32 Å². The molecule has 2 nitrogen and oxygen atoms in total. The van der Waals surface area contributed by atoms with Crippen molar-refractivity contribution in [2.75, 3.05) is 0 Å². The molecule has 0 saturated heterocycles. The van der Waals surface area contributed by atoms with Crippen LogP contribution in [0.2, 0.25) is 0 Å². The second-order valence-corrected chi connectivity index (χ2v) is 4.04. The molecule has 0 radical (unpaired) electrons. The van der Waals surface area contributed by atoms with Gasteiger partial charge in [0.2, 0.25) is 9.23 Å². The minimum absolute atomic E-state index is 0.322. The molecule has 11 heavy (non-hydrogen) atoms. The first kappa shape index (κ1) is 10.8. The fourth-order valence-electron chi connectivity index (χ4n) is 0.428. The predicted octanol–water partition coefficient (Wildman–Crippen LogP) is 2.43. The monoisotopic (exact) mass is 212 g/mol. The molecule has 1 aromatic rings. The van der Waals surface area contributed by atoms with Gasteiger partial charge in [-0.2, -0.15) is 0 Å². The molecular weight excluding hydrogens is 207 g/mol. The maximum atomic E-state index is 9.09. The lowest BCUT2D eigenvalue weighted by molar-refractivity contribution is 0.475. The molecule has 0 aliphatic carbocycles. The Morgan fingerprint density at radius 2 is 1.55 bits per heavy atom. The van der Waals surface area contributed by atoms with E-state index in [0.29, 0.717) is 5.75 Å². The van der Waals surface area contributed by atoms with Crippen molar-refractivity contribution < 1.29 is 9.32 Å². The molecule has 0 saturated carbocycles. The van der Waals surface area contributed by atoms with Crippen molar-refractivity contribution in [1.82, 2.24) is 0 Å². The van der Waals surface area contributed by atoms with Crippen LogP contribution < -0.4 is 0 Å². The number of hydrogen-bond donors (Lipinski definition) is 1. The number of rotatable bonds is 0. The van der Waals surface area contributed by atoms with Crippen LogP contribution in [0.4, 0.5) is 0 Å². The van der Waals surface area contributed by atoms with Gasteiger partial charge in [0.1, 0.15) is 5.75 Å². The summed E-state index contributed by atoms with van der Waals surface area (Å²) < 4.78 is 9.09. The number of benzene rings is 1. The summed E-state index contributed by atoms with van der Waals surface area (Å²) in [7, 11) is 7.36. The first-order valence-electron chi connectivity index (χ1n) is 2.61. The Balaban J connectivity index is 0.000000218. The molecule has 0 atom stereocenters. The summed E-state index contributed by atoms with van der Waals surface area (Å²) in [6, 6.07) is 8.71. The molecular formula is C6H6Cl2O2S. The molecule has 1 aromatic carbocycles. The summed E-state index contributed by atoms with van der Waals surface area (Å²) in [5.74, 6) is 0.322. The lowest BCUT2D eigenvalue weighted by atomic mass is 10.3. The summed E-state index contributed by atoms with van der Waals surface area (Å²) in [6.45, 7) is 0.